The molecule has 0 amide bonds. The van der Waals surface area contributed by atoms with E-state index in [4.69, 9.17) is 15.8 Å². The van der Waals surface area contributed by atoms with Gasteiger partial charge in [-0.15, -0.1) is 0 Å². The molecule has 0 spiro atoms. The fraction of sp³-hybridized carbons (Fsp3) is 0.200. The van der Waals surface area contributed by atoms with Gasteiger partial charge in [0.1, 0.15) is 5.84 Å². The highest BCUT2D eigenvalue weighted by Gasteiger charge is 2.08. The van der Waals surface area contributed by atoms with Crippen LogP contribution in [0.4, 0.5) is 0 Å². The SMILES string of the molecule is NC1=NC=CC(=NB(O)O)C1. The van der Waals surface area contributed by atoms with E-state index in [0.717, 1.165) is 0 Å². The molecule has 0 atom stereocenters. The smallest absolute Gasteiger partial charge is 0.407 e. The molecule has 0 bridgehead atoms. The van der Waals surface area contributed by atoms with Crippen LogP contribution in [0.5, 0.6) is 0 Å². The number of allylic oxidation sites excluding steroid dienone is 1. The Hall–Kier alpha value is -1.14. The van der Waals surface area contributed by atoms with E-state index in [0.29, 0.717) is 18.0 Å². The van der Waals surface area contributed by atoms with Gasteiger partial charge in [0.25, 0.3) is 0 Å². The third-order valence-electron chi connectivity index (χ3n) is 1.15. The van der Waals surface area contributed by atoms with Crippen LogP contribution in [0, 0.1) is 0 Å². The second-order valence-corrected chi connectivity index (χ2v) is 2.08. The average molecular weight is 153 g/mol. The number of nitrogens with two attached hydrogens (primary N) is 1. The number of amidine groups is 1. The summed E-state index contributed by atoms with van der Waals surface area (Å²) in [7, 11) is -1.67. The predicted molar refractivity (Wildman–Crippen MR) is 43.0 cm³/mol. The third-order valence-corrected chi connectivity index (χ3v) is 1.15. The molecule has 0 fully saturated rings. The maximum absolute atomic E-state index is 8.44. The second-order valence-electron chi connectivity index (χ2n) is 2.08. The molecule has 6 heteroatoms. The molecule has 5 nitrogen and oxygen atoms in total. The van der Waals surface area contributed by atoms with Gasteiger partial charge >= 0.3 is 7.25 Å². The first-order valence-corrected chi connectivity index (χ1v) is 3.10. The van der Waals surface area contributed by atoms with Crippen molar-refractivity contribution < 1.29 is 10.0 Å². The van der Waals surface area contributed by atoms with E-state index in [1.807, 2.05) is 0 Å². The fourth-order valence-corrected chi connectivity index (χ4v) is 0.746. The minimum atomic E-state index is -1.67. The van der Waals surface area contributed by atoms with Gasteiger partial charge < -0.3 is 15.8 Å². The van der Waals surface area contributed by atoms with Crippen LogP contribution in [0.2, 0.25) is 0 Å². The molecule has 58 valence electrons. The summed E-state index contributed by atoms with van der Waals surface area (Å²) in [5, 5.41) is 16.9. The van der Waals surface area contributed by atoms with E-state index >= 15 is 0 Å². The zero-order chi connectivity index (χ0) is 8.27. The van der Waals surface area contributed by atoms with Crippen LogP contribution in [-0.4, -0.2) is 28.8 Å². The first kappa shape index (κ1) is 7.97. The first-order valence-electron chi connectivity index (χ1n) is 3.10. The summed E-state index contributed by atoms with van der Waals surface area (Å²) < 4.78 is 0. The Morgan fingerprint density at radius 1 is 1.64 bits per heavy atom. The summed E-state index contributed by atoms with van der Waals surface area (Å²) in [6, 6.07) is 0. The maximum Gasteiger partial charge on any atom is 0.606 e. The lowest BCUT2D eigenvalue weighted by Crippen LogP contribution is -2.20. The minimum Gasteiger partial charge on any atom is -0.407 e. The summed E-state index contributed by atoms with van der Waals surface area (Å²) in [5.41, 5.74) is 5.88. The Labute approximate surface area is 64.1 Å². The molecule has 1 rings (SSSR count). The van der Waals surface area contributed by atoms with Crippen LogP contribution in [0.1, 0.15) is 6.42 Å². The average Bonchev–Trinajstić information content (AvgIpc) is 1.85. The molecule has 0 saturated carbocycles. The zero-order valence-electron chi connectivity index (χ0n) is 5.81. The number of nitrogens with zero attached hydrogens (tertiary/aromatic N) is 2. The van der Waals surface area contributed by atoms with Gasteiger partial charge in [0.05, 0.1) is 0 Å². The number of hydrogen-bond acceptors (Lipinski definition) is 5. The highest BCUT2D eigenvalue weighted by Crippen LogP contribution is 1.97. The summed E-state index contributed by atoms with van der Waals surface area (Å²) in [5.74, 6) is 0.423. The summed E-state index contributed by atoms with van der Waals surface area (Å²) in [6.07, 6.45) is 3.42. The lowest BCUT2D eigenvalue weighted by atomic mass is 10.1. The summed E-state index contributed by atoms with van der Waals surface area (Å²) >= 11 is 0. The summed E-state index contributed by atoms with van der Waals surface area (Å²) in [6.45, 7) is 0. The van der Waals surface area contributed by atoms with Gasteiger partial charge in [0.2, 0.25) is 0 Å². The van der Waals surface area contributed by atoms with Crippen LogP contribution in [-0.2, 0) is 0 Å². The fourth-order valence-electron chi connectivity index (χ4n) is 0.746. The Morgan fingerprint density at radius 3 is 2.91 bits per heavy atom. The third kappa shape index (κ3) is 2.52. The van der Waals surface area contributed by atoms with Crippen molar-refractivity contribution >= 4 is 18.8 Å². The van der Waals surface area contributed by atoms with E-state index in [9.17, 15) is 0 Å². The van der Waals surface area contributed by atoms with Crippen molar-refractivity contribution in [2.24, 2.45) is 15.6 Å². The monoisotopic (exact) mass is 153 g/mol. The molecule has 0 unspecified atom stereocenters. The molecule has 0 aromatic rings. The van der Waals surface area contributed by atoms with Crippen molar-refractivity contribution in [2.75, 3.05) is 0 Å². The Kier molecular flexibility index (Phi) is 2.40. The first-order chi connectivity index (χ1) is 5.18. The molecule has 1 heterocycles. The Morgan fingerprint density at radius 2 is 2.36 bits per heavy atom. The van der Waals surface area contributed by atoms with Crippen molar-refractivity contribution in [2.45, 2.75) is 6.42 Å². The molecule has 0 saturated heterocycles. The molecule has 0 aliphatic carbocycles. The topological polar surface area (TPSA) is 91.2 Å². The van der Waals surface area contributed by atoms with Gasteiger partial charge in [-0.25, -0.2) is 4.99 Å². The summed E-state index contributed by atoms with van der Waals surface area (Å²) in [4.78, 5) is 7.22. The lowest BCUT2D eigenvalue weighted by molar-refractivity contribution is 0.410. The highest BCUT2D eigenvalue weighted by atomic mass is 16.4. The number of rotatable bonds is 1. The van der Waals surface area contributed by atoms with Crippen molar-refractivity contribution in [1.82, 2.24) is 0 Å². The Balaban J connectivity index is 2.66. The molecule has 0 aromatic carbocycles. The van der Waals surface area contributed by atoms with Crippen LogP contribution < -0.4 is 5.73 Å². The van der Waals surface area contributed by atoms with Crippen molar-refractivity contribution in [3.05, 3.63) is 12.3 Å². The van der Waals surface area contributed by atoms with Crippen LogP contribution >= 0.6 is 0 Å². The normalized spacial score (nSPS) is 20.2. The van der Waals surface area contributed by atoms with Crippen molar-refractivity contribution in [3.63, 3.8) is 0 Å². The van der Waals surface area contributed by atoms with Gasteiger partial charge in [-0.3, -0.25) is 4.90 Å². The van der Waals surface area contributed by atoms with Gasteiger partial charge in [0.15, 0.2) is 0 Å². The standard InChI is InChI=1S/C5H8BN3O2/c7-5-3-4(1-2-8-5)9-6(10)11/h1-2,10-11H,3H2,(H2,7,8). The Bertz CT molecular complexity index is 234. The van der Waals surface area contributed by atoms with Gasteiger partial charge in [0, 0.05) is 18.3 Å². The zero-order valence-corrected chi connectivity index (χ0v) is 5.81. The van der Waals surface area contributed by atoms with E-state index in [1.165, 1.54) is 6.20 Å². The van der Waals surface area contributed by atoms with Gasteiger partial charge in [-0.2, -0.15) is 0 Å². The maximum atomic E-state index is 8.44. The molecule has 11 heavy (non-hydrogen) atoms. The highest BCUT2D eigenvalue weighted by molar-refractivity contribution is 6.42. The number of hydrogen-bond donors (Lipinski definition) is 3. The molecule has 1 aliphatic rings. The second kappa shape index (κ2) is 3.31. The lowest BCUT2D eigenvalue weighted by Gasteiger charge is -2.04. The quantitative estimate of drug-likeness (QED) is 0.407. The largest absolute Gasteiger partial charge is 0.606 e. The molecule has 1 aliphatic heterocycles. The van der Waals surface area contributed by atoms with Gasteiger partial charge in [-0.1, -0.05) is 0 Å². The van der Waals surface area contributed by atoms with Crippen molar-refractivity contribution in [3.8, 4) is 0 Å². The van der Waals surface area contributed by atoms with Gasteiger partial charge in [-0.05, 0) is 6.08 Å². The van der Waals surface area contributed by atoms with Crippen molar-refractivity contribution in [1.29, 1.82) is 0 Å². The molecular weight excluding hydrogens is 145 g/mol. The minimum absolute atomic E-state index is 0.369. The predicted octanol–water partition coefficient (Wildman–Crippen LogP) is -1.33. The van der Waals surface area contributed by atoms with Crippen LogP contribution in [0.3, 0.4) is 0 Å². The van der Waals surface area contributed by atoms with E-state index in [-0.39, 0.29) is 0 Å². The molecular formula is C5H8BN3O2. The number of aliphatic imine (C=N–C) groups is 1. The van der Waals surface area contributed by atoms with E-state index in [2.05, 4.69) is 9.90 Å². The van der Waals surface area contributed by atoms with Crippen LogP contribution in [0.15, 0.2) is 22.2 Å². The molecule has 0 aromatic heterocycles. The van der Waals surface area contributed by atoms with E-state index < -0.39 is 7.25 Å². The molecule has 4 N–H and O–H groups in total. The molecule has 0 radical (unpaired) electrons. The van der Waals surface area contributed by atoms with E-state index in [1.54, 1.807) is 6.08 Å². The van der Waals surface area contributed by atoms with Crippen LogP contribution in [0.25, 0.3) is 0 Å².